The van der Waals surface area contributed by atoms with E-state index in [1.807, 2.05) is 30.3 Å². The van der Waals surface area contributed by atoms with Gasteiger partial charge >= 0.3 is 0 Å². The lowest BCUT2D eigenvalue weighted by atomic mass is 10.1. The van der Waals surface area contributed by atoms with Gasteiger partial charge in [-0.15, -0.1) is 0 Å². The zero-order valence-corrected chi connectivity index (χ0v) is 13.7. The summed E-state index contributed by atoms with van der Waals surface area (Å²) in [5.74, 6) is 0.674. The fraction of sp³-hybridized carbons (Fsp3) is 0.562. The van der Waals surface area contributed by atoms with Crippen LogP contribution in [0.3, 0.4) is 0 Å². The molecule has 1 aromatic carbocycles. The predicted molar refractivity (Wildman–Crippen MR) is 85.6 cm³/mol. The van der Waals surface area contributed by atoms with E-state index in [1.165, 1.54) is 0 Å². The molecule has 0 aliphatic carbocycles. The van der Waals surface area contributed by atoms with E-state index in [9.17, 15) is 13.2 Å². The van der Waals surface area contributed by atoms with Crippen LogP contribution in [0.25, 0.3) is 0 Å². The predicted octanol–water partition coefficient (Wildman–Crippen LogP) is 2.54. The molecule has 0 fully saturated rings. The highest BCUT2D eigenvalue weighted by Gasteiger charge is 2.11. The molecule has 1 aromatic rings. The quantitative estimate of drug-likeness (QED) is 0.713. The first-order chi connectivity index (χ1) is 9.89. The molecule has 0 heterocycles. The van der Waals surface area contributed by atoms with Crippen LogP contribution in [0.2, 0.25) is 0 Å². The lowest BCUT2D eigenvalue weighted by Gasteiger charge is -2.07. The molecular formula is C16H25NO3S. The Hall–Kier alpha value is -1.36. The Labute approximate surface area is 127 Å². The van der Waals surface area contributed by atoms with Gasteiger partial charge in [-0.05, 0) is 24.3 Å². The molecule has 0 spiro atoms. The van der Waals surface area contributed by atoms with Crippen molar-refractivity contribution < 1.29 is 13.2 Å². The number of carbonyl (C=O) groups excluding carboxylic acids is 1. The van der Waals surface area contributed by atoms with Crippen LogP contribution in [0.15, 0.2) is 30.3 Å². The Morgan fingerprint density at radius 2 is 1.86 bits per heavy atom. The molecular weight excluding hydrogens is 286 g/mol. The van der Waals surface area contributed by atoms with E-state index in [-0.39, 0.29) is 17.4 Å². The normalized spacial score (nSPS) is 11.6. The van der Waals surface area contributed by atoms with Crippen LogP contribution in [0.4, 0.5) is 0 Å². The van der Waals surface area contributed by atoms with Crippen LogP contribution >= 0.6 is 0 Å². The number of hydrogen-bond donors (Lipinski definition) is 1. The highest BCUT2D eigenvalue weighted by atomic mass is 32.2. The number of hydrogen-bond acceptors (Lipinski definition) is 3. The fourth-order valence-electron chi connectivity index (χ4n) is 1.93. The first-order valence-corrected chi connectivity index (χ1v) is 9.22. The summed E-state index contributed by atoms with van der Waals surface area (Å²) in [6, 6.07) is 9.15. The number of amides is 1. The number of benzene rings is 1. The van der Waals surface area contributed by atoms with Gasteiger partial charge in [-0.2, -0.15) is 0 Å². The van der Waals surface area contributed by atoms with Gasteiger partial charge in [-0.1, -0.05) is 44.2 Å². The van der Waals surface area contributed by atoms with Gasteiger partial charge in [-0.3, -0.25) is 4.79 Å². The average molecular weight is 311 g/mol. The van der Waals surface area contributed by atoms with Crippen molar-refractivity contribution in [3.63, 3.8) is 0 Å². The van der Waals surface area contributed by atoms with E-state index in [0.29, 0.717) is 25.3 Å². The minimum absolute atomic E-state index is 0.00385. The van der Waals surface area contributed by atoms with E-state index in [4.69, 9.17) is 0 Å². The Bertz CT molecular complexity index is 524. The van der Waals surface area contributed by atoms with Crippen LogP contribution < -0.4 is 5.32 Å². The maximum atomic E-state index is 11.9. The summed E-state index contributed by atoms with van der Waals surface area (Å²) in [4.78, 5) is 11.5. The number of nitrogens with one attached hydrogen (secondary N) is 1. The number of carbonyl (C=O) groups is 1. The third kappa shape index (κ3) is 8.50. The van der Waals surface area contributed by atoms with E-state index < -0.39 is 9.84 Å². The highest BCUT2D eigenvalue weighted by Crippen LogP contribution is 2.07. The molecule has 1 rings (SSSR count). The minimum Gasteiger partial charge on any atom is -0.356 e. The van der Waals surface area contributed by atoms with Crippen LogP contribution in [-0.4, -0.2) is 26.6 Å². The van der Waals surface area contributed by atoms with Crippen molar-refractivity contribution in [2.45, 2.75) is 38.9 Å². The topological polar surface area (TPSA) is 63.2 Å². The van der Waals surface area contributed by atoms with Crippen molar-refractivity contribution in [2.24, 2.45) is 5.92 Å². The molecule has 0 saturated heterocycles. The summed E-state index contributed by atoms with van der Waals surface area (Å²) >= 11 is 0. The van der Waals surface area contributed by atoms with Crippen LogP contribution in [0.5, 0.6) is 0 Å². The largest absolute Gasteiger partial charge is 0.356 e. The van der Waals surface area contributed by atoms with Crippen LogP contribution in [-0.2, 0) is 20.4 Å². The van der Waals surface area contributed by atoms with Gasteiger partial charge in [0.1, 0.15) is 0 Å². The Morgan fingerprint density at radius 1 is 1.19 bits per heavy atom. The van der Waals surface area contributed by atoms with Gasteiger partial charge in [-0.25, -0.2) is 8.42 Å². The van der Waals surface area contributed by atoms with E-state index in [2.05, 4.69) is 19.2 Å². The van der Waals surface area contributed by atoms with Crippen molar-refractivity contribution in [3.8, 4) is 0 Å². The molecule has 1 N–H and O–H groups in total. The SMILES string of the molecule is CC(C)CCC(=O)NCCCS(=O)(=O)Cc1ccccc1. The third-order valence-corrected chi connectivity index (χ3v) is 4.82. The molecule has 0 unspecified atom stereocenters. The molecule has 118 valence electrons. The molecule has 0 radical (unpaired) electrons. The van der Waals surface area contributed by atoms with Crippen molar-refractivity contribution in [2.75, 3.05) is 12.3 Å². The monoisotopic (exact) mass is 311 g/mol. The summed E-state index contributed by atoms with van der Waals surface area (Å²) in [5.41, 5.74) is 0.804. The molecule has 0 aliphatic rings. The van der Waals surface area contributed by atoms with Gasteiger partial charge in [0.25, 0.3) is 0 Å². The maximum absolute atomic E-state index is 11.9. The summed E-state index contributed by atoms with van der Waals surface area (Å²) in [5, 5.41) is 2.77. The fourth-order valence-corrected chi connectivity index (χ4v) is 3.36. The zero-order valence-electron chi connectivity index (χ0n) is 12.8. The summed E-state index contributed by atoms with van der Waals surface area (Å²) in [7, 11) is -3.11. The smallest absolute Gasteiger partial charge is 0.220 e. The molecule has 0 aliphatic heterocycles. The molecule has 4 nitrogen and oxygen atoms in total. The number of rotatable bonds is 9. The van der Waals surface area contributed by atoms with Gasteiger partial charge in [0.2, 0.25) is 5.91 Å². The van der Waals surface area contributed by atoms with Crippen molar-refractivity contribution >= 4 is 15.7 Å². The van der Waals surface area contributed by atoms with Gasteiger partial charge < -0.3 is 5.32 Å². The second-order valence-electron chi connectivity index (χ2n) is 5.71. The lowest BCUT2D eigenvalue weighted by Crippen LogP contribution is -2.26. The summed E-state index contributed by atoms with van der Waals surface area (Å²) in [6.45, 7) is 4.57. The van der Waals surface area contributed by atoms with E-state index in [1.54, 1.807) is 0 Å². The Morgan fingerprint density at radius 3 is 2.48 bits per heavy atom. The summed E-state index contributed by atoms with van der Waals surface area (Å²) < 4.78 is 23.9. The number of sulfone groups is 1. The van der Waals surface area contributed by atoms with Gasteiger partial charge in [0.15, 0.2) is 9.84 Å². The second kappa shape index (κ2) is 8.82. The zero-order chi connectivity index (χ0) is 15.7. The average Bonchev–Trinajstić information content (AvgIpc) is 2.42. The van der Waals surface area contributed by atoms with Crippen molar-refractivity contribution in [3.05, 3.63) is 35.9 Å². The van der Waals surface area contributed by atoms with E-state index >= 15 is 0 Å². The van der Waals surface area contributed by atoms with Crippen molar-refractivity contribution in [1.29, 1.82) is 0 Å². The first-order valence-electron chi connectivity index (χ1n) is 7.40. The molecule has 0 atom stereocenters. The third-order valence-electron chi connectivity index (χ3n) is 3.13. The van der Waals surface area contributed by atoms with Crippen LogP contribution in [0, 0.1) is 5.92 Å². The molecule has 21 heavy (non-hydrogen) atoms. The minimum atomic E-state index is -3.11. The maximum Gasteiger partial charge on any atom is 0.220 e. The lowest BCUT2D eigenvalue weighted by molar-refractivity contribution is -0.121. The van der Waals surface area contributed by atoms with Gasteiger partial charge in [0.05, 0.1) is 11.5 Å². The van der Waals surface area contributed by atoms with Crippen molar-refractivity contribution in [1.82, 2.24) is 5.32 Å². The first kappa shape index (κ1) is 17.7. The summed E-state index contributed by atoms with van der Waals surface area (Å²) in [6.07, 6.45) is 1.83. The molecule has 0 saturated carbocycles. The molecule has 0 aromatic heterocycles. The highest BCUT2D eigenvalue weighted by molar-refractivity contribution is 7.90. The Balaban J connectivity index is 2.24. The molecule has 0 bridgehead atoms. The molecule has 5 heteroatoms. The van der Waals surface area contributed by atoms with E-state index in [0.717, 1.165) is 12.0 Å². The Kier molecular flexibility index (Phi) is 7.43. The van der Waals surface area contributed by atoms with Gasteiger partial charge in [0, 0.05) is 13.0 Å². The van der Waals surface area contributed by atoms with Crippen LogP contribution in [0.1, 0.15) is 38.7 Å². The standard InChI is InChI=1S/C16H25NO3S/c1-14(2)9-10-16(18)17-11-6-12-21(19,20)13-15-7-4-3-5-8-15/h3-5,7-8,14H,6,9-13H2,1-2H3,(H,17,18). The second-order valence-corrected chi connectivity index (χ2v) is 7.90. The molecule has 1 amide bonds.